The summed E-state index contributed by atoms with van der Waals surface area (Å²) in [6, 6.07) is 0. The van der Waals surface area contributed by atoms with Gasteiger partial charge in [-0.25, -0.2) is 0 Å². The number of rotatable bonds is 12. The Balaban J connectivity index is 1.46. The fourth-order valence-corrected chi connectivity index (χ4v) is 5.02. The number of unbranched alkanes of at least 4 members (excludes halogenated alkanes) is 2. The quantitative estimate of drug-likeness (QED) is 0.247. The molecule has 0 bridgehead atoms. The molecule has 0 aromatic heterocycles. The Morgan fingerprint density at radius 3 is 1.41 bits per heavy atom. The van der Waals surface area contributed by atoms with Crippen molar-refractivity contribution >= 4 is 0 Å². The van der Waals surface area contributed by atoms with Gasteiger partial charge >= 0.3 is 0 Å². The van der Waals surface area contributed by atoms with Crippen molar-refractivity contribution in [2.75, 3.05) is 13.2 Å². The highest BCUT2D eigenvalue weighted by atomic mass is 16.5. The van der Waals surface area contributed by atoms with Crippen LogP contribution < -0.4 is 0 Å². The number of allylic oxidation sites excluding steroid dienone is 2. The standard InChI is InChI=1S/C26H46O/c1-3-5-9-23-13-17-25(18-14-23)11-7-21-27-22-8-12-26-19-15-24(16-20-26)10-6-4-2/h7-8,11-12,23-26H,3-6,9-10,13-22H2,1-2H3/b11-7+,12-8+. The SMILES string of the molecule is CCCCC1CCC(/C=C/COC/C=C/C2CCC(CCCC)CC2)CC1. The van der Waals surface area contributed by atoms with E-state index in [0.29, 0.717) is 0 Å². The third-order valence-electron chi connectivity index (χ3n) is 6.96. The van der Waals surface area contributed by atoms with E-state index in [2.05, 4.69) is 38.2 Å². The van der Waals surface area contributed by atoms with Crippen LogP contribution in [0.5, 0.6) is 0 Å². The summed E-state index contributed by atoms with van der Waals surface area (Å²) in [5.74, 6) is 3.64. The van der Waals surface area contributed by atoms with Crippen LogP contribution in [0, 0.1) is 23.7 Å². The Morgan fingerprint density at radius 1 is 0.630 bits per heavy atom. The van der Waals surface area contributed by atoms with Crippen molar-refractivity contribution in [3.05, 3.63) is 24.3 Å². The van der Waals surface area contributed by atoms with Gasteiger partial charge in [-0.05, 0) is 75.0 Å². The minimum atomic E-state index is 0.782. The van der Waals surface area contributed by atoms with Crippen molar-refractivity contribution in [2.24, 2.45) is 23.7 Å². The smallest absolute Gasteiger partial charge is 0.0651 e. The van der Waals surface area contributed by atoms with Crippen molar-refractivity contribution < 1.29 is 4.74 Å². The summed E-state index contributed by atoms with van der Waals surface area (Å²) >= 11 is 0. The van der Waals surface area contributed by atoms with Gasteiger partial charge < -0.3 is 4.74 Å². The summed E-state index contributed by atoms with van der Waals surface area (Å²) in [4.78, 5) is 0. The molecule has 2 rings (SSSR count). The van der Waals surface area contributed by atoms with Gasteiger partial charge in [-0.15, -0.1) is 0 Å². The van der Waals surface area contributed by atoms with Crippen LogP contribution in [-0.4, -0.2) is 13.2 Å². The third-order valence-corrected chi connectivity index (χ3v) is 6.96. The molecule has 0 aromatic carbocycles. The Kier molecular flexibility index (Phi) is 12.2. The fourth-order valence-electron chi connectivity index (χ4n) is 5.02. The molecule has 0 aliphatic heterocycles. The number of ether oxygens (including phenoxy) is 1. The van der Waals surface area contributed by atoms with Gasteiger partial charge in [0, 0.05) is 0 Å². The van der Waals surface area contributed by atoms with Crippen LogP contribution in [0.15, 0.2) is 24.3 Å². The maximum Gasteiger partial charge on any atom is 0.0651 e. The van der Waals surface area contributed by atoms with Gasteiger partial charge in [0.05, 0.1) is 13.2 Å². The second-order valence-corrected chi connectivity index (χ2v) is 9.24. The van der Waals surface area contributed by atoms with Crippen molar-refractivity contribution in [1.29, 1.82) is 0 Å². The zero-order valence-electron chi connectivity index (χ0n) is 18.3. The van der Waals surface area contributed by atoms with Crippen molar-refractivity contribution in [3.63, 3.8) is 0 Å². The van der Waals surface area contributed by atoms with Gasteiger partial charge in [0.1, 0.15) is 0 Å². The summed E-state index contributed by atoms with van der Waals surface area (Å²) in [6.45, 7) is 6.18. The third kappa shape index (κ3) is 9.97. The van der Waals surface area contributed by atoms with E-state index in [1.807, 2.05) is 0 Å². The monoisotopic (exact) mass is 374 g/mol. The zero-order valence-corrected chi connectivity index (χ0v) is 18.3. The Bertz CT molecular complexity index is 356. The molecule has 156 valence electrons. The maximum atomic E-state index is 5.79. The van der Waals surface area contributed by atoms with E-state index in [9.17, 15) is 0 Å². The molecule has 0 saturated heterocycles. The molecule has 1 nitrogen and oxygen atoms in total. The summed E-state index contributed by atoms with van der Waals surface area (Å²) in [6.07, 6.45) is 29.2. The van der Waals surface area contributed by atoms with Crippen molar-refractivity contribution in [2.45, 2.75) is 104 Å². The van der Waals surface area contributed by atoms with Crippen LogP contribution in [0.1, 0.15) is 104 Å². The minimum Gasteiger partial charge on any atom is -0.373 e. The van der Waals surface area contributed by atoms with Gasteiger partial charge in [0.25, 0.3) is 0 Å². The Hall–Kier alpha value is -0.560. The molecule has 0 atom stereocenters. The normalized spacial score (nSPS) is 29.7. The number of hydrogen-bond donors (Lipinski definition) is 0. The van der Waals surface area contributed by atoms with Crippen LogP contribution in [0.3, 0.4) is 0 Å². The molecule has 0 N–H and O–H groups in total. The lowest BCUT2D eigenvalue weighted by atomic mass is 9.80. The van der Waals surface area contributed by atoms with E-state index in [0.717, 1.165) is 36.9 Å². The van der Waals surface area contributed by atoms with Crippen LogP contribution in [-0.2, 0) is 4.74 Å². The minimum absolute atomic E-state index is 0.782. The predicted molar refractivity (Wildman–Crippen MR) is 119 cm³/mol. The molecular formula is C26H46O. The zero-order chi connectivity index (χ0) is 19.2. The molecule has 2 aliphatic carbocycles. The summed E-state index contributed by atoms with van der Waals surface area (Å²) < 4.78 is 5.79. The molecule has 2 fully saturated rings. The van der Waals surface area contributed by atoms with E-state index in [4.69, 9.17) is 4.74 Å². The molecule has 2 saturated carbocycles. The second kappa shape index (κ2) is 14.4. The summed E-state index contributed by atoms with van der Waals surface area (Å²) in [5, 5.41) is 0. The van der Waals surface area contributed by atoms with Crippen LogP contribution in [0.4, 0.5) is 0 Å². The second-order valence-electron chi connectivity index (χ2n) is 9.24. The van der Waals surface area contributed by atoms with Crippen LogP contribution in [0.2, 0.25) is 0 Å². The van der Waals surface area contributed by atoms with E-state index < -0.39 is 0 Å². The van der Waals surface area contributed by atoms with Gasteiger partial charge in [0.2, 0.25) is 0 Å². The highest BCUT2D eigenvalue weighted by molar-refractivity contribution is 4.93. The fraction of sp³-hybridized carbons (Fsp3) is 0.846. The molecule has 0 aromatic rings. The van der Waals surface area contributed by atoms with E-state index in [1.54, 1.807) is 0 Å². The predicted octanol–water partition coefficient (Wildman–Crippen LogP) is 8.11. The first-order valence-electron chi connectivity index (χ1n) is 12.2. The molecule has 2 aliphatic rings. The first-order valence-corrected chi connectivity index (χ1v) is 12.2. The largest absolute Gasteiger partial charge is 0.373 e. The molecule has 0 amide bonds. The molecule has 0 unspecified atom stereocenters. The average Bonchev–Trinajstić information content (AvgIpc) is 2.71. The first kappa shape index (κ1) is 22.7. The van der Waals surface area contributed by atoms with Crippen molar-refractivity contribution in [3.8, 4) is 0 Å². The van der Waals surface area contributed by atoms with Gasteiger partial charge in [-0.3, -0.25) is 0 Å². The highest BCUT2D eigenvalue weighted by Gasteiger charge is 2.19. The lowest BCUT2D eigenvalue weighted by Crippen LogP contribution is -2.13. The van der Waals surface area contributed by atoms with E-state index in [1.165, 1.54) is 89.9 Å². The van der Waals surface area contributed by atoms with Crippen molar-refractivity contribution in [1.82, 2.24) is 0 Å². The Morgan fingerprint density at radius 2 is 1.04 bits per heavy atom. The Labute approximate surface area is 170 Å². The molecule has 0 spiro atoms. The molecule has 0 radical (unpaired) electrons. The van der Waals surface area contributed by atoms with Crippen LogP contribution >= 0.6 is 0 Å². The summed E-state index contributed by atoms with van der Waals surface area (Å²) in [5.41, 5.74) is 0. The molecule has 27 heavy (non-hydrogen) atoms. The van der Waals surface area contributed by atoms with Crippen LogP contribution in [0.25, 0.3) is 0 Å². The lowest BCUT2D eigenvalue weighted by molar-refractivity contribution is 0.192. The topological polar surface area (TPSA) is 9.23 Å². The number of hydrogen-bond acceptors (Lipinski definition) is 1. The van der Waals surface area contributed by atoms with Gasteiger partial charge in [-0.1, -0.05) is 76.7 Å². The van der Waals surface area contributed by atoms with E-state index in [-0.39, 0.29) is 0 Å². The molecular weight excluding hydrogens is 328 g/mol. The summed E-state index contributed by atoms with van der Waals surface area (Å²) in [7, 11) is 0. The van der Waals surface area contributed by atoms with Gasteiger partial charge in [0.15, 0.2) is 0 Å². The average molecular weight is 375 g/mol. The lowest BCUT2D eigenvalue weighted by Gasteiger charge is -2.26. The molecule has 0 heterocycles. The maximum absolute atomic E-state index is 5.79. The highest BCUT2D eigenvalue weighted by Crippen LogP contribution is 2.33. The van der Waals surface area contributed by atoms with E-state index >= 15 is 0 Å². The molecule has 1 heteroatoms. The van der Waals surface area contributed by atoms with Gasteiger partial charge in [-0.2, -0.15) is 0 Å². The first-order chi connectivity index (χ1) is 13.3.